The summed E-state index contributed by atoms with van der Waals surface area (Å²) in [5, 5.41) is 0.434. The quantitative estimate of drug-likeness (QED) is 0.815. The lowest BCUT2D eigenvalue weighted by molar-refractivity contribution is -0.118. The zero-order valence-electron chi connectivity index (χ0n) is 11.7. The van der Waals surface area contributed by atoms with Crippen molar-refractivity contribution in [2.24, 2.45) is 11.7 Å². The topological polar surface area (TPSA) is 83.2 Å². The molecule has 21 heavy (non-hydrogen) atoms. The van der Waals surface area contributed by atoms with E-state index in [9.17, 15) is 13.6 Å². The lowest BCUT2D eigenvalue weighted by Crippen LogP contribution is -2.20. The Morgan fingerprint density at radius 1 is 1.43 bits per heavy atom. The van der Waals surface area contributed by atoms with Crippen molar-refractivity contribution in [1.29, 1.82) is 0 Å². The Kier molecular flexibility index (Phi) is 5.79. The molecule has 2 N–H and O–H groups in total. The zero-order valence-corrected chi connectivity index (χ0v) is 13.3. The third-order valence-corrected chi connectivity index (χ3v) is 5.07. The molecular weight excluding hydrogens is 310 g/mol. The number of nitrogens with two attached hydrogens (primary N) is 1. The normalized spacial score (nSPS) is 18.6. The molecule has 1 aliphatic rings. The lowest BCUT2D eigenvalue weighted by Gasteiger charge is -2.23. The minimum Gasteiger partial charge on any atom is -0.772 e. The Balaban J connectivity index is 2.24. The maximum atomic E-state index is 11.3. The van der Waals surface area contributed by atoms with Crippen LogP contribution in [-0.4, -0.2) is 14.7 Å². The van der Waals surface area contributed by atoms with Crippen LogP contribution in [0.4, 0.5) is 0 Å². The second kappa shape index (κ2) is 7.38. The molecule has 2 rings (SSSR count). The fraction of sp³-hybridized carbons (Fsp3) is 0.533. The molecule has 1 aromatic carbocycles. The van der Waals surface area contributed by atoms with Gasteiger partial charge in [0.25, 0.3) is 0 Å². The molecular formula is C15H19ClNO3S-. The Labute approximate surface area is 132 Å². The van der Waals surface area contributed by atoms with Crippen LogP contribution in [0.5, 0.6) is 0 Å². The summed E-state index contributed by atoms with van der Waals surface area (Å²) in [4.78, 5) is 11.3. The summed E-state index contributed by atoms with van der Waals surface area (Å²) in [6, 6.07) is 5.39. The molecule has 0 saturated heterocycles. The Hall–Kier alpha value is -0.910. The predicted octanol–water partition coefficient (Wildman–Crippen LogP) is 2.87. The SMILES string of the molecule is NC(=O)C[C@@H](c1ccc(CS(=O)[O-])c(Cl)c1)C1CCCC1. The van der Waals surface area contributed by atoms with E-state index in [1.165, 1.54) is 12.8 Å². The van der Waals surface area contributed by atoms with Crippen LogP contribution in [0.3, 0.4) is 0 Å². The van der Waals surface area contributed by atoms with Crippen LogP contribution >= 0.6 is 11.6 Å². The standard InChI is InChI=1S/C15H20ClNO3S/c16-14-7-11(5-6-12(14)9-21(19)20)13(8-15(17)18)10-3-1-2-4-10/h5-7,10,13H,1-4,8-9H2,(H2,17,18)(H,19,20)/p-1/t13-/m1/s1. The van der Waals surface area contributed by atoms with Crippen LogP contribution in [0.15, 0.2) is 18.2 Å². The molecule has 0 aliphatic heterocycles. The highest BCUT2D eigenvalue weighted by Crippen LogP contribution is 2.40. The molecule has 4 nitrogen and oxygen atoms in total. The second-order valence-electron chi connectivity index (χ2n) is 5.62. The van der Waals surface area contributed by atoms with E-state index < -0.39 is 11.1 Å². The molecule has 1 saturated carbocycles. The number of carbonyl (C=O) groups is 1. The predicted molar refractivity (Wildman–Crippen MR) is 82.6 cm³/mol. The number of hydrogen-bond acceptors (Lipinski definition) is 3. The second-order valence-corrected chi connectivity index (χ2v) is 6.92. The van der Waals surface area contributed by atoms with E-state index in [0.29, 0.717) is 22.9 Å². The van der Waals surface area contributed by atoms with Crippen molar-refractivity contribution in [2.75, 3.05) is 0 Å². The summed E-state index contributed by atoms with van der Waals surface area (Å²) in [6.07, 6.45) is 4.87. The largest absolute Gasteiger partial charge is 0.772 e. The van der Waals surface area contributed by atoms with Crippen LogP contribution in [0, 0.1) is 5.92 Å². The van der Waals surface area contributed by atoms with E-state index in [1.54, 1.807) is 12.1 Å². The number of primary amides is 1. The Bertz CT molecular complexity index is 544. The van der Waals surface area contributed by atoms with Gasteiger partial charge < -0.3 is 10.3 Å². The Morgan fingerprint density at radius 3 is 2.62 bits per heavy atom. The summed E-state index contributed by atoms with van der Waals surface area (Å²) in [6.45, 7) is 0. The van der Waals surface area contributed by atoms with Gasteiger partial charge in [0.15, 0.2) is 0 Å². The van der Waals surface area contributed by atoms with Crippen molar-refractivity contribution in [3.63, 3.8) is 0 Å². The molecule has 1 amide bonds. The van der Waals surface area contributed by atoms with Crippen molar-refractivity contribution in [2.45, 2.75) is 43.8 Å². The molecule has 6 heteroatoms. The zero-order chi connectivity index (χ0) is 15.4. The summed E-state index contributed by atoms with van der Waals surface area (Å²) in [5.74, 6) is 0.123. The van der Waals surface area contributed by atoms with Gasteiger partial charge in [0.2, 0.25) is 5.91 Å². The first-order valence-electron chi connectivity index (χ1n) is 7.10. The van der Waals surface area contributed by atoms with Gasteiger partial charge in [0.1, 0.15) is 0 Å². The monoisotopic (exact) mass is 328 g/mol. The molecule has 0 radical (unpaired) electrons. The molecule has 1 unspecified atom stereocenters. The summed E-state index contributed by atoms with van der Waals surface area (Å²) < 4.78 is 21.5. The smallest absolute Gasteiger partial charge is 0.218 e. The van der Waals surface area contributed by atoms with Gasteiger partial charge in [0, 0.05) is 17.2 Å². The van der Waals surface area contributed by atoms with Gasteiger partial charge in [-0.2, -0.15) is 0 Å². The van der Waals surface area contributed by atoms with Gasteiger partial charge in [-0.25, -0.2) is 0 Å². The van der Waals surface area contributed by atoms with Crippen LogP contribution in [0.2, 0.25) is 5.02 Å². The van der Waals surface area contributed by atoms with E-state index in [-0.39, 0.29) is 17.6 Å². The molecule has 0 aromatic heterocycles. The van der Waals surface area contributed by atoms with Crippen molar-refractivity contribution in [1.82, 2.24) is 0 Å². The van der Waals surface area contributed by atoms with Crippen LogP contribution < -0.4 is 5.73 Å². The highest BCUT2D eigenvalue weighted by Gasteiger charge is 2.28. The molecule has 0 heterocycles. The first-order valence-corrected chi connectivity index (χ1v) is 8.72. The molecule has 1 aromatic rings. The van der Waals surface area contributed by atoms with Gasteiger partial charge >= 0.3 is 0 Å². The first kappa shape index (κ1) is 16.5. The average Bonchev–Trinajstić information content (AvgIpc) is 2.91. The fourth-order valence-corrected chi connectivity index (χ4v) is 4.01. The van der Waals surface area contributed by atoms with Gasteiger partial charge in [-0.15, -0.1) is 0 Å². The maximum Gasteiger partial charge on any atom is 0.218 e. The highest BCUT2D eigenvalue weighted by molar-refractivity contribution is 7.78. The molecule has 0 bridgehead atoms. The van der Waals surface area contributed by atoms with Crippen LogP contribution in [0.25, 0.3) is 0 Å². The van der Waals surface area contributed by atoms with Gasteiger partial charge in [-0.05, 0) is 41.9 Å². The maximum absolute atomic E-state index is 11.3. The van der Waals surface area contributed by atoms with Crippen molar-refractivity contribution >= 4 is 28.6 Å². The number of hydrogen-bond donors (Lipinski definition) is 1. The molecule has 0 spiro atoms. The van der Waals surface area contributed by atoms with E-state index in [4.69, 9.17) is 17.3 Å². The highest BCUT2D eigenvalue weighted by atomic mass is 35.5. The van der Waals surface area contributed by atoms with E-state index in [2.05, 4.69) is 0 Å². The van der Waals surface area contributed by atoms with Crippen LogP contribution in [-0.2, 0) is 21.6 Å². The minimum atomic E-state index is -2.16. The molecule has 116 valence electrons. The van der Waals surface area contributed by atoms with E-state index >= 15 is 0 Å². The van der Waals surface area contributed by atoms with E-state index in [0.717, 1.165) is 18.4 Å². The summed E-state index contributed by atoms with van der Waals surface area (Å²) >= 11 is 4.01. The molecule has 2 atom stereocenters. The number of rotatable bonds is 6. The number of amides is 1. The van der Waals surface area contributed by atoms with E-state index in [1.807, 2.05) is 6.07 Å². The first-order chi connectivity index (χ1) is 9.97. The number of carbonyl (C=O) groups excluding carboxylic acids is 1. The van der Waals surface area contributed by atoms with Gasteiger partial charge in [0.05, 0.1) is 0 Å². The van der Waals surface area contributed by atoms with Gasteiger partial charge in [-0.3, -0.25) is 9.00 Å². The average molecular weight is 329 g/mol. The van der Waals surface area contributed by atoms with Crippen LogP contribution in [0.1, 0.15) is 49.1 Å². The summed E-state index contributed by atoms with van der Waals surface area (Å²) in [5.41, 5.74) is 6.94. The molecule has 1 aliphatic carbocycles. The molecule has 1 fully saturated rings. The number of halogens is 1. The summed E-state index contributed by atoms with van der Waals surface area (Å²) in [7, 11) is 0. The number of benzene rings is 1. The van der Waals surface area contributed by atoms with Crippen molar-refractivity contribution in [3.05, 3.63) is 34.3 Å². The lowest BCUT2D eigenvalue weighted by atomic mass is 9.82. The fourth-order valence-electron chi connectivity index (χ4n) is 3.17. The minimum absolute atomic E-state index is 0.0781. The third kappa shape index (κ3) is 4.53. The van der Waals surface area contributed by atoms with Gasteiger partial charge in [-0.1, -0.05) is 47.7 Å². The Morgan fingerprint density at radius 2 is 2.10 bits per heavy atom. The van der Waals surface area contributed by atoms with Crippen molar-refractivity contribution in [3.8, 4) is 0 Å². The van der Waals surface area contributed by atoms with Crippen molar-refractivity contribution < 1.29 is 13.6 Å². The third-order valence-electron chi connectivity index (χ3n) is 4.17.